The molecule has 2 bridgehead atoms. The van der Waals surface area contributed by atoms with Crippen molar-refractivity contribution < 1.29 is 4.79 Å². The number of nitrogens with zero attached hydrogens (tertiary/aromatic N) is 1. The number of hydrogen-bond donors (Lipinski definition) is 1. The second kappa shape index (κ2) is 3.78. The normalized spacial score (nSPS) is 39.7. The number of amides is 1. The van der Waals surface area contributed by atoms with Gasteiger partial charge in [0, 0.05) is 12.6 Å². The monoisotopic (exact) mass is 208 g/mol. The third-order valence-corrected chi connectivity index (χ3v) is 4.30. The zero-order chi connectivity index (χ0) is 10.3. The lowest BCUT2D eigenvalue weighted by Gasteiger charge is -2.32. The molecule has 15 heavy (non-hydrogen) atoms. The number of carbonyl (C=O) groups excluding carboxylic acids is 1. The second-order valence-electron chi connectivity index (χ2n) is 5.33. The minimum atomic E-state index is 0.137. The maximum Gasteiger partial charge on any atom is 0.239 e. The summed E-state index contributed by atoms with van der Waals surface area (Å²) in [6.45, 7) is 2.07. The van der Waals surface area contributed by atoms with Crippen molar-refractivity contribution in [2.75, 3.05) is 13.1 Å². The van der Waals surface area contributed by atoms with Crippen molar-refractivity contribution >= 4 is 5.91 Å². The fourth-order valence-corrected chi connectivity index (χ4v) is 3.46. The predicted octanol–water partition coefficient (Wildman–Crippen LogP) is 1.14. The van der Waals surface area contributed by atoms with Crippen LogP contribution in [0.5, 0.6) is 0 Å². The first kappa shape index (κ1) is 9.64. The number of hydrogen-bond acceptors (Lipinski definition) is 2. The van der Waals surface area contributed by atoms with Crippen LogP contribution >= 0.6 is 0 Å². The molecule has 84 valence electrons. The fourth-order valence-electron chi connectivity index (χ4n) is 3.46. The summed E-state index contributed by atoms with van der Waals surface area (Å²) in [6, 6.07) is 0.726. The number of fused-ring (bicyclic) bond motifs is 2. The molecule has 1 amide bonds. The molecular formula is C12H20N2O. The molecule has 3 atom stereocenters. The van der Waals surface area contributed by atoms with Crippen LogP contribution in [0.2, 0.25) is 0 Å². The minimum Gasteiger partial charge on any atom is -0.338 e. The highest BCUT2D eigenvalue weighted by Crippen LogP contribution is 2.37. The topological polar surface area (TPSA) is 32.3 Å². The van der Waals surface area contributed by atoms with Gasteiger partial charge in [0.15, 0.2) is 0 Å². The van der Waals surface area contributed by atoms with E-state index in [1.807, 2.05) is 0 Å². The van der Waals surface area contributed by atoms with E-state index < -0.39 is 0 Å². The van der Waals surface area contributed by atoms with E-state index in [2.05, 4.69) is 10.2 Å². The fraction of sp³-hybridized carbons (Fsp3) is 0.917. The zero-order valence-corrected chi connectivity index (χ0v) is 9.24. The van der Waals surface area contributed by atoms with Crippen LogP contribution in [0.1, 0.15) is 38.5 Å². The third-order valence-electron chi connectivity index (χ3n) is 4.30. The average Bonchev–Trinajstić information content (AvgIpc) is 2.91. The van der Waals surface area contributed by atoms with Gasteiger partial charge in [0.2, 0.25) is 5.91 Å². The Hall–Kier alpha value is -0.570. The molecule has 1 saturated carbocycles. The van der Waals surface area contributed by atoms with E-state index in [1.54, 1.807) is 0 Å². The van der Waals surface area contributed by atoms with Gasteiger partial charge in [0.05, 0.1) is 6.04 Å². The Bertz CT molecular complexity index is 260. The lowest BCUT2D eigenvalue weighted by Crippen LogP contribution is -2.50. The van der Waals surface area contributed by atoms with Crippen LogP contribution < -0.4 is 5.32 Å². The summed E-state index contributed by atoms with van der Waals surface area (Å²) < 4.78 is 0. The predicted molar refractivity (Wildman–Crippen MR) is 58.5 cm³/mol. The van der Waals surface area contributed by atoms with Gasteiger partial charge in [-0.15, -0.1) is 0 Å². The number of piperidine rings is 2. The summed E-state index contributed by atoms with van der Waals surface area (Å²) in [5, 5.41) is 3.36. The van der Waals surface area contributed by atoms with Gasteiger partial charge < -0.3 is 10.2 Å². The van der Waals surface area contributed by atoms with E-state index in [1.165, 1.54) is 32.1 Å². The van der Waals surface area contributed by atoms with Gasteiger partial charge in [0.1, 0.15) is 0 Å². The Balaban J connectivity index is 1.64. The molecule has 3 nitrogen and oxygen atoms in total. The van der Waals surface area contributed by atoms with Crippen molar-refractivity contribution in [3.63, 3.8) is 0 Å². The van der Waals surface area contributed by atoms with E-state index in [0.717, 1.165) is 25.4 Å². The lowest BCUT2D eigenvalue weighted by molar-refractivity contribution is -0.135. The van der Waals surface area contributed by atoms with Gasteiger partial charge in [-0.1, -0.05) is 6.42 Å². The molecule has 0 aromatic rings. The first-order valence-electron chi connectivity index (χ1n) is 6.38. The van der Waals surface area contributed by atoms with E-state index in [9.17, 15) is 4.79 Å². The summed E-state index contributed by atoms with van der Waals surface area (Å²) in [6.07, 6.45) is 7.38. The molecule has 0 spiro atoms. The van der Waals surface area contributed by atoms with Gasteiger partial charge in [-0.3, -0.25) is 4.79 Å². The Kier molecular flexibility index (Phi) is 2.43. The highest BCUT2D eigenvalue weighted by molar-refractivity contribution is 5.82. The maximum absolute atomic E-state index is 12.3. The molecule has 3 fully saturated rings. The Labute approximate surface area is 91.2 Å². The molecule has 0 unspecified atom stereocenters. The maximum atomic E-state index is 12.3. The Morgan fingerprint density at radius 2 is 2.13 bits per heavy atom. The SMILES string of the molecule is O=C([C@@H]1CCCCN1)N1C[C@H]2CC[C@H]1C2. The first-order valence-corrected chi connectivity index (χ1v) is 6.38. The van der Waals surface area contributed by atoms with Gasteiger partial charge in [-0.25, -0.2) is 0 Å². The molecule has 0 aromatic carbocycles. The van der Waals surface area contributed by atoms with Gasteiger partial charge >= 0.3 is 0 Å². The molecular weight excluding hydrogens is 188 g/mol. The summed E-state index contributed by atoms with van der Waals surface area (Å²) in [5.41, 5.74) is 0. The summed E-state index contributed by atoms with van der Waals surface area (Å²) in [5.74, 6) is 1.21. The van der Waals surface area contributed by atoms with Crippen LogP contribution in [0.25, 0.3) is 0 Å². The molecule has 3 aliphatic rings. The molecule has 1 N–H and O–H groups in total. The summed E-state index contributed by atoms with van der Waals surface area (Å²) in [7, 11) is 0. The molecule has 0 radical (unpaired) electrons. The Morgan fingerprint density at radius 3 is 2.73 bits per heavy atom. The van der Waals surface area contributed by atoms with E-state index in [4.69, 9.17) is 0 Å². The average molecular weight is 208 g/mol. The molecule has 2 aliphatic heterocycles. The third kappa shape index (κ3) is 1.67. The van der Waals surface area contributed by atoms with Crippen LogP contribution in [0.3, 0.4) is 0 Å². The number of carbonyl (C=O) groups is 1. The van der Waals surface area contributed by atoms with Crippen LogP contribution in [-0.4, -0.2) is 36.0 Å². The molecule has 3 rings (SSSR count). The summed E-state index contributed by atoms with van der Waals surface area (Å²) in [4.78, 5) is 14.4. The van der Waals surface area contributed by atoms with Crippen molar-refractivity contribution in [2.45, 2.75) is 50.6 Å². The molecule has 0 aromatic heterocycles. The number of rotatable bonds is 1. The van der Waals surface area contributed by atoms with Crippen molar-refractivity contribution in [3.8, 4) is 0 Å². The van der Waals surface area contributed by atoms with Gasteiger partial charge in [-0.2, -0.15) is 0 Å². The molecule has 1 aliphatic carbocycles. The highest BCUT2D eigenvalue weighted by atomic mass is 16.2. The lowest BCUT2D eigenvalue weighted by atomic mass is 10.0. The van der Waals surface area contributed by atoms with Crippen LogP contribution in [-0.2, 0) is 4.79 Å². The van der Waals surface area contributed by atoms with Crippen molar-refractivity contribution in [2.24, 2.45) is 5.92 Å². The van der Waals surface area contributed by atoms with Crippen molar-refractivity contribution in [1.29, 1.82) is 0 Å². The van der Waals surface area contributed by atoms with Gasteiger partial charge in [-0.05, 0) is 44.6 Å². The zero-order valence-electron chi connectivity index (χ0n) is 9.24. The van der Waals surface area contributed by atoms with Crippen LogP contribution in [0, 0.1) is 5.92 Å². The minimum absolute atomic E-state index is 0.137. The Morgan fingerprint density at radius 1 is 1.20 bits per heavy atom. The number of nitrogens with one attached hydrogen (secondary N) is 1. The molecule has 3 heteroatoms. The van der Waals surface area contributed by atoms with Crippen molar-refractivity contribution in [3.05, 3.63) is 0 Å². The number of likely N-dealkylation sites (tertiary alicyclic amines) is 1. The van der Waals surface area contributed by atoms with Crippen LogP contribution in [0.15, 0.2) is 0 Å². The van der Waals surface area contributed by atoms with E-state index in [-0.39, 0.29) is 6.04 Å². The van der Waals surface area contributed by atoms with E-state index >= 15 is 0 Å². The highest BCUT2D eigenvalue weighted by Gasteiger charge is 2.41. The van der Waals surface area contributed by atoms with Gasteiger partial charge in [0.25, 0.3) is 0 Å². The molecule has 2 saturated heterocycles. The van der Waals surface area contributed by atoms with Crippen LogP contribution in [0.4, 0.5) is 0 Å². The largest absolute Gasteiger partial charge is 0.338 e. The van der Waals surface area contributed by atoms with E-state index in [0.29, 0.717) is 11.9 Å². The first-order chi connectivity index (χ1) is 7.34. The quantitative estimate of drug-likeness (QED) is 0.701. The molecule has 2 heterocycles. The summed E-state index contributed by atoms with van der Waals surface area (Å²) >= 11 is 0. The smallest absolute Gasteiger partial charge is 0.239 e. The second-order valence-corrected chi connectivity index (χ2v) is 5.33. The standard InChI is InChI=1S/C12H20N2O/c15-12(11-3-1-2-6-13-11)14-8-9-4-5-10(14)7-9/h9-11,13H,1-8H2/t9-,10-,11-/m0/s1. The van der Waals surface area contributed by atoms with Crippen molar-refractivity contribution in [1.82, 2.24) is 10.2 Å².